The van der Waals surface area contributed by atoms with E-state index in [1.807, 2.05) is 0 Å². The number of para-hydroxylation sites is 1. The summed E-state index contributed by atoms with van der Waals surface area (Å²) in [5, 5.41) is 0.293. The average molecular weight is 278 g/mol. The number of hydrogen-bond donors (Lipinski definition) is 0. The molecule has 2 rings (SSSR count). The molecule has 0 aliphatic carbocycles. The van der Waals surface area contributed by atoms with Gasteiger partial charge in [-0.1, -0.05) is 18.2 Å². The van der Waals surface area contributed by atoms with Crippen LogP contribution in [0, 0.1) is 6.92 Å². The minimum Gasteiger partial charge on any atom is -0.452 e. The van der Waals surface area contributed by atoms with E-state index in [9.17, 15) is 26.7 Å². The predicted octanol–water partition coefficient (Wildman–Crippen LogP) is 4.12. The molecule has 0 aliphatic heterocycles. The summed E-state index contributed by atoms with van der Waals surface area (Å²) in [7, 11) is 0. The Morgan fingerprint density at radius 2 is 1.79 bits per heavy atom. The topological polar surface area (TPSA) is 30.2 Å². The number of Topliss-reactive ketones (excluding diaryl/α,β-unsaturated/α-hetero) is 1. The van der Waals surface area contributed by atoms with Crippen LogP contribution in [0.3, 0.4) is 0 Å². The fourth-order valence-corrected chi connectivity index (χ4v) is 1.60. The lowest BCUT2D eigenvalue weighted by Crippen LogP contribution is -2.43. The van der Waals surface area contributed by atoms with E-state index in [0.29, 0.717) is 10.9 Å². The highest BCUT2D eigenvalue weighted by molar-refractivity contribution is 6.02. The molecule has 0 amide bonds. The molecule has 0 saturated carbocycles. The van der Waals surface area contributed by atoms with E-state index in [4.69, 9.17) is 4.42 Å². The van der Waals surface area contributed by atoms with Crippen LogP contribution in [-0.2, 0) is 0 Å². The van der Waals surface area contributed by atoms with E-state index in [0.717, 1.165) is 6.07 Å². The first-order valence-electron chi connectivity index (χ1n) is 5.13. The first-order chi connectivity index (χ1) is 8.64. The lowest BCUT2D eigenvalue weighted by atomic mass is 10.1. The number of halogens is 5. The minimum atomic E-state index is -5.95. The normalized spacial score (nSPS) is 12.9. The minimum absolute atomic E-state index is 0.115. The van der Waals surface area contributed by atoms with Gasteiger partial charge in [0.1, 0.15) is 5.58 Å². The number of hydrogen-bond acceptors (Lipinski definition) is 2. The number of fused-ring (bicyclic) bond motifs is 1. The van der Waals surface area contributed by atoms with Gasteiger partial charge in [-0.3, -0.25) is 4.79 Å². The van der Waals surface area contributed by atoms with Gasteiger partial charge in [-0.25, -0.2) is 0 Å². The SMILES string of the molecule is Cc1cccc2cc(C(=O)C(F)(F)C(F)(F)F)oc12. The zero-order chi connectivity index (χ0) is 14.4. The van der Waals surface area contributed by atoms with Crippen LogP contribution in [0.5, 0.6) is 0 Å². The van der Waals surface area contributed by atoms with Crippen molar-refractivity contribution in [2.75, 3.05) is 0 Å². The molecule has 102 valence electrons. The summed E-state index contributed by atoms with van der Waals surface area (Å²) in [6.45, 7) is 1.59. The van der Waals surface area contributed by atoms with Crippen molar-refractivity contribution in [1.82, 2.24) is 0 Å². The van der Waals surface area contributed by atoms with Crippen molar-refractivity contribution in [3.63, 3.8) is 0 Å². The van der Waals surface area contributed by atoms with E-state index in [-0.39, 0.29) is 5.58 Å². The molecule has 0 fully saturated rings. The zero-order valence-electron chi connectivity index (χ0n) is 9.52. The van der Waals surface area contributed by atoms with Crippen LogP contribution in [-0.4, -0.2) is 17.9 Å². The van der Waals surface area contributed by atoms with Crippen molar-refractivity contribution in [3.05, 3.63) is 35.6 Å². The van der Waals surface area contributed by atoms with Crippen LogP contribution >= 0.6 is 0 Å². The highest BCUT2D eigenvalue weighted by Gasteiger charge is 2.64. The number of ketones is 1. The lowest BCUT2D eigenvalue weighted by molar-refractivity contribution is -0.256. The van der Waals surface area contributed by atoms with Gasteiger partial charge < -0.3 is 4.42 Å². The van der Waals surface area contributed by atoms with Gasteiger partial charge in [-0.05, 0) is 18.6 Å². The van der Waals surface area contributed by atoms with E-state index in [1.165, 1.54) is 6.07 Å². The first-order valence-corrected chi connectivity index (χ1v) is 5.13. The second kappa shape index (κ2) is 4.04. The Morgan fingerprint density at radius 3 is 2.32 bits per heavy atom. The Hall–Kier alpha value is -1.92. The molecular formula is C12H7F5O2. The van der Waals surface area contributed by atoms with Crippen LogP contribution in [0.25, 0.3) is 11.0 Å². The van der Waals surface area contributed by atoms with Gasteiger partial charge in [0.2, 0.25) is 0 Å². The van der Waals surface area contributed by atoms with Crippen molar-refractivity contribution < 1.29 is 31.2 Å². The van der Waals surface area contributed by atoms with Crippen LogP contribution < -0.4 is 0 Å². The zero-order valence-corrected chi connectivity index (χ0v) is 9.52. The Labute approximate surface area is 103 Å². The van der Waals surface area contributed by atoms with E-state index >= 15 is 0 Å². The van der Waals surface area contributed by atoms with Crippen LogP contribution in [0.2, 0.25) is 0 Å². The summed E-state index contributed by atoms with van der Waals surface area (Å²) < 4.78 is 66.9. The van der Waals surface area contributed by atoms with Gasteiger partial charge in [-0.15, -0.1) is 0 Å². The number of carbonyl (C=O) groups is 1. The van der Waals surface area contributed by atoms with Gasteiger partial charge in [0, 0.05) is 5.39 Å². The summed E-state index contributed by atoms with van der Waals surface area (Å²) in [6.07, 6.45) is -5.95. The van der Waals surface area contributed by atoms with Gasteiger partial charge in [-0.2, -0.15) is 22.0 Å². The first kappa shape index (κ1) is 13.5. The third-order valence-electron chi connectivity index (χ3n) is 2.61. The molecule has 1 aromatic carbocycles. The molecule has 2 nitrogen and oxygen atoms in total. The van der Waals surface area contributed by atoms with Gasteiger partial charge in [0.05, 0.1) is 0 Å². The summed E-state index contributed by atoms with van der Waals surface area (Å²) >= 11 is 0. The molecule has 0 radical (unpaired) electrons. The molecule has 1 heterocycles. The molecule has 7 heteroatoms. The molecule has 1 aromatic heterocycles. The van der Waals surface area contributed by atoms with Crippen LogP contribution in [0.15, 0.2) is 28.7 Å². The van der Waals surface area contributed by atoms with Crippen molar-refractivity contribution in [1.29, 1.82) is 0 Å². The molecule has 0 unspecified atom stereocenters. The number of rotatable bonds is 2. The maximum Gasteiger partial charge on any atom is 0.461 e. The third kappa shape index (κ3) is 2.09. The molecule has 2 aromatic rings. The third-order valence-corrected chi connectivity index (χ3v) is 2.61. The van der Waals surface area contributed by atoms with E-state index < -0.39 is 23.6 Å². The maximum atomic E-state index is 12.9. The van der Waals surface area contributed by atoms with Crippen LogP contribution in [0.4, 0.5) is 22.0 Å². The Kier molecular flexibility index (Phi) is 2.87. The molecule has 0 saturated heterocycles. The average Bonchev–Trinajstić information content (AvgIpc) is 2.71. The summed E-state index contributed by atoms with van der Waals surface area (Å²) in [5.74, 6) is -8.86. The van der Waals surface area contributed by atoms with Crippen molar-refractivity contribution >= 4 is 16.8 Å². The van der Waals surface area contributed by atoms with Gasteiger partial charge >= 0.3 is 12.1 Å². The summed E-state index contributed by atoms with van der Waals surface area (Å²) in [6, 6.07) is 5.49. The Balaban J connectivity index is 2.51. The molecule has 0 spiro atoms. The second-order valence-corrected chi connectivity index (χ2v) is 4.01. The van der Waals surface area contributed by atoms with E-state index in [1.54, 1.807) is 19.1 Å². The number of benzene rings is 1. The highest BCUT2D eigenvalue weighted by atomic mass is 19.4. The number of furan rings is 1. The highest BCUT2D eigenvalue weighted by Crippen LogP contribution is 2.39. The number of alkyl halides is 5. The molecule has 0 bridgehead atoms. The predicted molar refractivity (Wildman–Crippen MR) is 56.3 cm³/mol. The largest absolute Gasteiger partial charge is 0.461 e. The standard InChI is InChI=1S/C12H7F5O2/c1-6-3-2-4-7-5-8(19-9(6)7)10(18)11(13,14)12(15,16)17/h2-5H,1H3. The smallest absolute Gasteiger partial charge is 0.452 e. The van der Waals surface area contributed by atoms with Crippen LogP contribution in [0.1, 0.15) is 16.1 Å². The molecule has 0 N–H and O–H groups in total. The lowest BCUT2D eigenvalue weighted by Gasteiger charge is -2.16. The molecule has 0 atom stereocenters. The summed E-state index contributed by atoms with van der Waals surface area (Å²) in [5.41, 5.74) is 0.649. The van der Waals surface area contributed by atoms with Crippen molar-refractivity contribution in [2.24, 2.45) is 0 Å². The number of aryl methyl sites for hydroxylation is 1. The monoisotopic (exact) mass is 278 g/mol. The molecular weight excluding hydrogens is 271 g/mol. The quantitative estimate of drug-likeness (QED) is 0.611. The van der Waals surface area contributed by atoms with Crippen molar-refractivity contribution in [2.45, 2.75) is 19.0 Å². The second-order valence-electron chi connectivity index (χ2n) is 4.01. The molecule has 0 aliphatic rings. The summed E-state index contributed by atoms with van der Waals surface area (Å²) in [4.78, 5) is 11.2. The molecule has 19 heavy (non-hydrogen) atoms. The number of carbonyl (C=O) groups excluding carboxylic acids is 1. The van der Waals surface area contributed by atoms with Gasteiger partial charge in [0.15, 0.2) is 5.76 Å². The Bertz CT molecular complexity index is 639. The van der Waals surface area contributed by atoms with Crippen molar-refractivity contribution in [3.8, 4) is 0 Å². The fraction of sp³-hybridized carbons (Fsp3) is 0.250. The Morgan fingerprint density at radius 1 is 1.16 bits per heavy atom. The fourth-order valence-electron chi connectivity index (χ4n) is 1.60. The maximum absolute atomic E-state index is 12.9. The van der Waals surface area contributed by atoms with Gasteiger partial charge in [0.25, 0.3) is 5.78 Å². The van der Waals surface area contributed by atoms with E-state index in [2.05, 4.69) is 0 Å².